The maximum absolute atomic E-state index is 10.9. The van der Waals surface area contributed by atoms with Gasteiger partial charge in [0.05, 0.1) is 5.56 Å². The summed E-state index contributed by atoms with van der Waals surface area (Å²) >= 11 is 3.39. The van der Waals surface area contributed by atoms with Crippen LogP contribution in [0.4, 0.5) is 23.1 Å². The Hall–Kier alpha value is -2.93. The Balaban J connectivity index is 1.72. The van der Waals surface area contributed by atoms with Crippen LogP contribution in [-0.4, -0.2) is 21.0 Å². The number of nitrogens with one attached hydrogen (secondary N) is 2. The van der Waals surface area contributed by atoms with E-state index >= 15 is 0 Å². The van der Waals surface area contributed by atoms with E-state index in [2.05, 4.69) is 36.5 Å². The van der Waals surface area contributed by atoms with E-state index in [-0.39, 0.29) is 5.56 Å². The van der Waals surface area contributed by atoms with Gasteiger partial charge in [0, 0.05) is 22.0 Å². The van der Waals surface area contributed by atoms with Crippen molar-refractivity contribution in [2.75, 3.05) is 10.6 Å². The first-order chi connectivity index (χ1) is 11.6. The maximum Gasteiger partial charge on any atom is 0.335 e. The Bertz CT molecular complexity index is 851. The zero-order chi connectivity index (χ0) is 16.9. The number of carbonyl (C=O) groups is 1. The molecule has 120 valence electrons. The summed E-state index contributed by atoms with van der Waals surface area (Å²) in [5.74, 6) is 0.113. The number of hydrogen-bond donors (Lipinski definition) is 3. The van der Waals surface area contributed by atoms with Crippen LogP contribution in [0.2, 0.25) is 0 Å². The van der Waals surface area contributed by atoms with Crippen molar-refractivity contribution in [2.24, 2.45) is 0 Å². The molecule has 6 nitrogen and oxygen atoms in total. The van der Waals surface area contributed by atoms with Gasteiger partial charge in [-0.2, -0.15) is 4.98 Å². The second-order valence-corrected chi connectivity index (χ2v) is 5.82. The van der Waals surface area contributed by atoms with Crippen LogP contribution >= 0.6 is 15.9 Å². The van der Waals surface area contributed by atoms with Gasteiger partial charge < -0.3 is 15.7 Å². The SMILES string of the molecule is O=C(O)c1ccc(Nc2ccnc(Nc3ccc(Br)cc3)n2)cc1. The number of carboxylic acid groups (broad SMARTS) is 1. The van der Waals surface area contributed by atoms with Crippen LogP contribution in [-0.2, 0) is 0 Å². The highest BCUT2D eigenvalue weighted by Crippen LogP contribution is 2.19. The molecule has 24 heavy (non-hydrogen) atoms. The largest absolute Gasteiger partial charge is 0.478 e. The predicted molar refractivity (Wildman–Crippen MR) is 96.1 cm³/mol. The third-order valence-electron chi connectivity index (χ3n) is 3.16. The van der Waals surface area contributed by atoms with Gasteiger partial charge in [-0.05, 0) is 54.6 Å². The predicted octanol–water partition coefficient (Wildman–Crippen LogP) is 4.42. The Morgan fingerprint density at radius 2 is 1.54 bits per heavy atom. The summed E-state index contributed by atoms with van der Waals surface area (Å²) in [6.07, 6.45) is 1.64. The Labute approximate surface area is 146 Å². The van der Waals surface area contributed by atoms with E-state index in [0.29, 0.717) is 11.8 Å². The molecule has 0 fully saturated rings. The van der Waals surface area contributed by atoms with Gasteiger partial charge in [0.25, 0.3) is 0 Å². The first-order valence-corrected chi connectivity index (χ1v) is 7.85. The van der Waals surface area contributed by atoms with Gasteiger partial charge in [-0.1, -0.05) is 15.9 Å². The molecule has 0 radical (unpaired) electrons. The van der Waals surface area contributed by atoms with E-state index in [1.54, 1.807) is 24.4 Å². The molecule has 0 amide bonds. The van der Waals surface area contributed by atoms with Crippen molar-refractivity contribution in [3.63, 3.8) is 0 Å². The molecule has 7 heteroatoms. The third kappa shape index (κ3) is 4.08. The summed E-state index contributed by atoms with van der Waals surface area (Å²) in [5, 5.41) is 15.1. The number of aromatic nitrogens is 2. The third-order valence-corrected chi connectivity index (χ3v) is 3.69. The molecule has 2 aromatic carbocycles. The number of benzene rings is 2. The smallest absolute Gasteiger partial charge is 0.335 e. The molecule has 0 bridgehead atoms. The Morgan fingerprint density at radius 3 is 2.21 bits per heavy atom. The molecule has 0 aliphatic rings. The van der Waals surface area contributed by atoms with Crippen molar-refractivity contribution in [3.05, 3.63) is 70.8 Å². The van der Waals surface area contributed by atoms with Gasteiger partial charge in [0.15, 0.2) is 0 Å². The Kier molecular flexibility index (Phi) is 4.72. The summed E-state index contributed by atoms with van der Waals surface area (Å²) < 4.78 is 0.995. The average molecular weight is 385 g/mol. The highest BCUT2D eigenvalue weighted by atomic mass is 79.9. The lowest BCUT2D eigenvalue weighted by atomic mass is 10.2. The zero-order valence-electron chi connectivity index (χ0n) is 12.4. The molecule has 0 aliphatic carbocycles. The van der Waals surface area contributed by atoms with Crippen LogP contribution in [0.5, 0.6) is 0 Å². The zero-order valence-corrected chi connectivity index (χ0v) is 14.0. The van der Waals surface area contributed by atoms with E-state index in [4.69, 9.17) is 5.11 Å². The van der Waals surface area contributed by atoms with Gasteiger partial charge in [0.1, 0.15) is 5.82 Å². The molecular formula is C17H13BrN4O2. The van der Waals surface area contributed by atoms with E-state index in [1.165, 1.54) is 12.1 Å². The van der Waals surface area contributed by atoms with Crippen LogP contribution in [0.25, 0.3) is 0 Å². The fourth-order valence-corrected chi connectivity index (χ4v) is 2.26. The molecule has 0 unspecified atom stereocenters. The van der Waals surface area contributed by atoms with Crippen molar-refractivity contribution < 1.29 is 9.90 Å². The normalized spacial score (nSPS) is 10.2. The van der Waals surface area contributed by atoms with Crippen molar-refractivity contribution in [1.29, 1.82) is 0 Å². The molecule has 1 aromatic heterocycles. The minimum atomic E-state index is -0.954. The van der Waals surface area contributed by atoms with Crippen molar-refractivity contribution in [3.8, 4) is 0 Å². The number of halogens is 1. The topological polar surface area (TPSA) is 87.1 Å². The van der Waals surface area contributed by atoms with Crippen molar-refractivity contribution >= 4 is 45.0 Å². The van der Waals surface area contributed by atoms with Gasteiger partial charge in [-0.3, -0.25) is 0 Å². The lowest BCUT2D eigenvalue weighted by Crippen LogP contribution is -2.01. The molecule has 0 saturated carbocycles. The van der Waals surface area contributed by atoms with Crippen LogP contribution < -0.4 is 10.6 Å². The Morgan fingerprint density at radius 1 is 0.917 bits per heavy atom. The van der Waals surface area contributed by atoms with E-state index in [1.807, 2.05) is 24.3 Å². The van der Waals surface area contributed by atoms with Gasteiger partial charge in [-0.25, -0.2) is 9.78 Å². The standard InChI is InChI=1S/C17H13BrN4O2/c18-12-3-7-14(8-4-12)21-17-19-10-9-15(22-17)20-13-5-1-11(2-6-13)16(23)24/h1-10H,(H,23,24)(H2,19,20,21,22). The fourth-order valence-electron chi connectivity index (χ4n) is 1.99. The number of nitrogens with zero attached hydrogens (tertiary/aromatic N) is 2. The monoisotopic (exact) mass is 384 g/mol. The summed E-state index contributed by atoms with van der Waals surface area (Å²) in [4.78, 5) is 19.4. The number of carboxylic acids is 1. The molecule has 0 spiro atoms. The average Bonchev–Trinajstić information content (AvgIpc) is 2.58. The second-order valence-electron chi connectivity index (χ2n) is 4.90. The minimum absolute atomic E-state index is 0.237. The number of anilines is 4. The highest BCUT2D eigenvalue weighted by molar-refractivity contribution is 9.10. The quantitative estimate of drug-likeness (QED) is 0.603. The molecule has 3 N–H and O–H groups in total. The minimum Gasteiger partial charge on any atom is -0.478 e. The first-order valence-electron chi connectivity index (χ1n) is 7.06. The van der Waals surface area contributed by atoms with Gasteiger partial charge >= 0.3 is 5.97 Å². The second kappa shape index (κ2) is 7.10. The molecular weight excluding hydrogens is 372 g/mol. The van der Waals surface area contributed by atoms with Crippen LogP contribution in [0.15, 0.2) is 65.3 Å². The molecule has 0 atom stereocenters. The molecule has 1 heterocycles. The van der Waals surface area contributed by atoms with Gasteiger partial charge in [-0.15, -0.1) is 0 Å². The van der Waals surface area contributed by atoms with Crippen molar-refractivity contribution in [1.82, 2.24) is 9.97 Å². The summed E-state index contributed by atoms with van der Waals surface area (Å²) in [6, 6.07) is 15.9. The van der Waals surface area contributed by atoms with Gasteiger partial charge in [0.2, 0.25) is 5.95 Å². The van der Waals surface area contributed by atoms with Crippen LogP contribution in [0.1, 0.15) is 10.4 Å². The molecule has 0 saturated heterocycles. The number of rotatable bonds is 5. The van der Waals surface area contributed by atoms with E-state index in [0.717, 1.165) is 15.8 Å². The van der Waals surface area contributed by atoms with Crippen LogP contribution in [0, 0.1) is 0 Å². The molecule has 3 aromatic rings. The van der Waals surface area contributed by atoms with Crippen molar-refractivity contribution in [2.45, 2.75) is 0 Å². The summed E-state index contributed by atoms with van der Waals surface area (Å²) in [5.41, 5.74) is 1.86. The van der Waals surface area contributed by atoms with E-state index < -0.39 is 5.97 Å². The number of hydrogen-bond acceptors (Lipinski definition) is 5. The highest BCUT2D eigenvalue weighted by Gasteiger charge is 2.04. The molecule has 0 aliphatic heterocycles. The summed E-state index contributed by atoms with van der Waals surface area (Å²) in [7, 11) is 0. The van der Waals surface area contributed by atoms with Crippen LogP contribution in [0.3, 0.4) is 0 Å². The van der Waals surface area contributed by atoms with E-state index in [9.17, 15) is 4.79 Å². The fraction of sp³-hybridized carbons (Fsp3) is 0. The maximum atomic E-state index is 10.9. The lowest BCUT2D eigenvalue weighted by Gasteiger charge is -2.08. The summed E-state index contributed by atoms with van der Waals surface area (Å²) in [6.45, 7) is 0. The number of aromatic carboxylic acids is 1. The molecule has 3 rings (SSSR count). The lowest BCUT2D eigenvalue weighted by molar-refractivity contribution is 0.0697. The first kappa shape index (κ1) is 15.9.